The van der Waals surface area contributed by atoms with Crippen molar-refractivity contribution in [1.82, 2.24) is 14.5 Å². The summed E-state index contributed by atoms with van der Waals surface area (Å²) in [7, 11) is -3.69. The van der Waals surface area contributed by atoms with Gasteiger partial charge in [0.25, 0.3) is 0 Å². The minimum absolute atomic E-state index is 0.116. The van der Waals surface area contributed by atoms with E-state index in [-0.39, 0.29) is 23.4 Å². The van der Waals surface area contributed by atoms with E-state index >= 15 is 0 Å². The molecule has 0 atom stereocenters. The Morgan fingerprint density at radius 1 is 1.21 bits per heavy atom. The van der Waals surface area contributed by atoms with Crippen molar-refractivity contribution in [1.29, 1.82) is 0 Å². The van der Waals surface area contributed by atoms with E-state index in [0.29, 0.717) is 13.1 Å². The van der Waals surface area contributed by atoms with Gasteiger partial charge in [-0.05, 0) is 38.0 Å². The molecule has 1 amide bonds. The lowest BCUT2D eigenvalue weighted by Crippen LogP contribution is -2.51. The number of hydrogen-bond acceptors (Lipinski definition) is 4. The zero-order valence-corrected chi connectivity index (χ0v) is 15.5. The summed E-state index contributed by atoms with van der Waals surface area (Å²) in [6.07, 6.45) is 0.857. The number of aryl methyl sites for hydroxylation is 1. The third-order valence-electron chi connectivity index (χ3n) is 4.27. The zero-order chi connectivity index (χ0) is 17.7. The number of nitrogens with zero attached hydrogens (tertiary/aromatic N) is 2. The molecule has 0 aliphatic carbocycles. The molecule has 7 heteroatoms. The van der Waals surface area contributed by atoms with Crippen LogP contribution in [0.5, 0.6) is 0 Å². The van der Waals surface area contributed by atoms with Crippen molar-refractivity contribution in [2.75, 3.05) is 32.7 Å². The van der Waals surface area contributed by atoms with Gasteiger partial charge >= 0.3 is 0 Å². The van der Waals surface area contributed by atoms with E-state index in [4.69, 9.17) is 0 Å². The number of hydrogen-bond donors (Lipinski definition) is 1. The molecule has 0 bridgehead atoms. The quantitative estimate of drug-likeness (QED) is 0.831. The van der Waals surface area contributed by atoms with Crippen LogP contribution >= 0.6 is 0 Å². The van der Waals surface area contributed by atoms with Gasteiger partial charge in [0.1, 0.15) is 0 Å². The molecule has 6 nitrogen and oxygen atoms in total. The third-order valence-corrected chi connectivity index (χ3v) is 6.31. The fraction of sp³-hybridized carbons (Fsp3) is 0.588. The summed E-state index contributed by atoms with van der Waals surface area (Å²) in [6.45, 7) is 8.24. The first-order chi connectivity index (χ1) is 11.4. The molecule has 1 aromatic carbocycles. The Bertz CT molecular complexity index is 650. The second-order valence-electron chi connectivity index (χ2n) is 6.27. The van der Waals surface area contributed by atoms with E-state index in [0.717, 1.165) is 25.1 Å². The monoisotopic (exact) mass is 353 g/mol. The lowest BCUT2D eigenvalue weighted by molar-refractivity contribution is -0.132. The van der Waals surface area contributed by atoms with Gasteiger partial charge in [0, 0.05) is 32.2 Å². The summed E-state index contributed by atoms with van der Waals surface area (Å²) in [5.41, 5.74) is 1.09. The van der Waals surface area contributed by atoms with Crippen LogP contribution in [-0.4, -0.2) is 62.3 Å². The summed E-state index contributed by atoms with van der Waals surface area (Å²) >= 11 is 0. The molecule has 1 aliphatic rings. The topological polar surface area (TPSA) is 69.7 Å². The van der Waals surface area contributed by atoms with Crippen molar-refractivity contribution in [3.8, 4) is 0 Å². The Kier molecular flexibility index (Phi) is 6.37. The summed E-state index contributed by atoms with van der Waals surface area (Å²) in [5, 5.41) is 3.19. The van der Waals surface area contributed by atoms with Crippen LogP contribution in [0.2, 0.25) is 0 Å². The van der Waals surface area contributed by atoms with Crippen molar-refractivity contribution in [2.45, 2.75) is 38.1 Å². The van der Waals surface area contributed by atoms with Gasteiger partial charge in [0.15, 0.2) is 0 Å². The maximum Gasteiger partial charge on any atom is 0.243 e. The van der Waals surface area contributed by atoms with E-state index in [1.165, 1.54) is 4.31 Å². The maximum absolute atomic E-state index is 12.9. The largest absolute Gasteiger partial charge is 0.339 e. The summed E-state index contributed by atoms with van der Waals surface area (Å²) in [6, 6.07) is 6.61. The second kappa shape index (κ2) is 8.09. The molecule has 1 fully saturated rings. The molecule has 1 aromatic rings. The molecule has 0 saturated carbocycles. The number of rotatable bonds is 6. The highest BCUT2D eigenvalue weighted by atomic mass is 32.2. The van der Waals surface area contributed by atoms with Gasteiger partial charge in [0.05, 0.1) is 11.4 Å². The highest BCUT2D eigenvalue weighted by Gasteiger charge is 2.30. The molecule has 2 rings (SSSR count). The van der Waals surface area contributed by atoms with Crippen molar-refractivity contribution in [2.24, 2.45) is 0 Å². The zero-order valence-electron chi connectivity index (χ0n) is 14.7. The van der Waals surface area contributed by atoms with Crippen LogP contribution in [0, 0.1) is 0 Å². The number of carbonyl (C=O) groups excluding carboxylic acids is 1. The van der Waals surface area contributed by atoms with E-state index in [1.807, 2.05) is 19.1 Å². The molecule has 1 N–H and O–H groups in total. The van der Waals surface area contributed by atoms with Crippen LogP contribution in [0.3, 0.4) is 0 Å². The Hall–Kier alpha value is -1.44. The van der Waals surface area contributed by atoms with Crippen LogP contribution < -0.4 is 5.32 Å². The van der Waals surface area contributed by atoms with Gasteiger partial charge < -0.3 is 10.2 Å². The third kappa shape index (κ3) is 4.34. The molecule has 0 unspecified atom stereocenters. The number of piperazine rings is 1. The summed E-state index contributed by atoms with van der Waals surface area (Å²) in [4.78, 5) is 14.4. The van der Waals surface area contributed by atoms with Crippen molar-refractivity contribution in [3.63, 3.8) is 0 Å². The molecule has 1 saturated heterocycles. The molecule has 1 aliphatic heterocycles. The van der Waals surface area contributed by atoms with E-state index in [2.05, 4.69) is 5.32 Å². The van der Waals surface area contributed by atoms with Crippen LogP contribution in [0.1, 0.15) is 26.3 Å². The van der Waals surface area contributed by atoms with Crippen LogP contribution in [-0.2, 0) is 21.2 Å². The first kappa shape index (κ1) is 18.9. The fourth-order valence-electron chi connectivity index (χ4n) is 2.73. The lowest BCUT2D eigenvalue weighted by atomic mass is 10.2. The van der Waals surface area contributed by atoms with Crippen LogP contribution in [0.4, 0.5) is 0 Å². The van der Waals surface area contributed by atoms with E-state index in [1.54, 1.807) is 30.9 Å². The molecule has 24 heavy (non-hydrogen) atoms. The Morgan fingerprint density at radius 3 is 2.29 bits per heavy atom. The van der Waals surface area contributed by atoms with Gasteiger partial charge in [-0.3, -0.25) is 4.79 Å². The highest BCUT2D eigenvalue weighted by molar-refractivity contribution is 7.89. The standard InChI is InChI=1S/C17H27N3O3S/c1-4-15-5-7-16(8-6-15)24(22,23)20(14(2)3)13-17(21)19-11-9-18-10-12-19/h5-8,14,18H,4,9-13H2,1-3H3. The predicted molar refractivity (Wildman–Crippen MR) is 94.3 cm³/mol. The van der Waals surface area contributed by atoms with Gasteiger partial charge in [-0.15, -0.1) is 0 Å². The smallest absolute Gasteiger partial charge is 0.243 e. The van der Waals surface area contributed by atoms with Gasteiger partial charge in [-0.2, -0.15) is 4.31 Å². The van der Waals surface area contributed by atoms with Crippen molar-refractivity contribution < 1.29 is 13.2 Å². The summed E-state index contributed by atoms with van der Waals surface area (Å²) < 4.78 is 27.2. The molecular weight excluding hydrogens is 326 g/mol. The maximum atomic E-state index is 12.9. The Morgan fingerprint density at radius 2 is 1.79 bits per heavy atom. The lowest BCUT2D eigenvalue weighted by Gasteiger charge is -2.31. The SMILES string of the molecule is CCc1ccc(S(=O)(=O)N(CC(=O)N2CCNCC2)C(C)C)cc1. The molecule has 0 aromatic heterocycles. The molecule has 0 spiro atoms. The highest BCUT2D eigenvalue weighted by Crippen LogP contribution is 2.19. The van der Waals surface area contributed by atoms with Crippen LogP contribution in [0.25, 0.3) is 0 Å². The molecule has 0 radical (unpaired) electrons. The van der Waals surface area contributed by atoms with Crippen molar-refractivity contribution in [3.05, 3.63) is 29.8 Å². The number of carbonyl (C=O) groups is 1. The average molecular weight is 353 g/mol. The molecule has 134 valence electrons. The second-order valence-corrected chi connectivity index (χ2v) is 8.16. The minimum Gasteiger partial charge on any atom is -0.339 e. The van der Waals surface area contributed by atoms with Crippen molar-refractivity contribution >= 4 is 15.9 Å². The van der Waals surface area contributed by atoms with Crippen LogP contribution in [0.15, 0.2) is 29.2 Å². The predicted octanol–water partition coefficient (Wildman–Crippen LogP) is 1.08. The number of benzene rings is 1. The minimum atomic E-state index is -3.69. The van der Waals surface area contributed by atoms with Gasteiger partial charge in [-0.1, -0.05) is 19.1 Å². The van der Waals surface area contributed by atoms with Gasteiger partial charge in [0.2, 0.25) is 15.9 Å². The molecular formula is C17H27N3O3S. The number of nitrogens with one attached hydrogen (secondary N) is 1. The fourth-order valence-corrected chi connectivity index (χ4v) is 4.31. The Labute approximate surface area is 144 Å². The average Bonchev–Trinajstić information content (AvgIpc) is 2.59. The number of sulfonamides is 1. The normalized spacial score (nSPS) is 16.0. The number of amides is 1. The first-order valence-corrected chi connectivity index (χ1v) is 9.89. The molecule has 1 heterocycles. The summed E-state index contributed by atoms with van der Waals surface area (Å²) in [5.74, 6) is -0.140. The van der Waals surface area contributed by atoms with E-state index < -0.39 is 10.0 Å². The van der Waals surface area contributed by atoms with E-state index in [9.17, 15) is 13.2 Å². The van der Waals surface area contributed by atoms with Gasteiger partial charge in [-0.25, -0.2) is 8.42 Å². The Balaban J connectivity index is 2.19. The first-order valence-electron chi connectivity index (χ1n) is 8.45.